The molecule has 74 valence electrons. The monoisotopic (exact) mass is 199 g/mol. The molecule has 0 bridgehead atoms. The Hall–Kier alpha value is -1.84. The Morgan fingerprint density at radius 3 is 3.07 bits per heavy atom. The Labute approximate surface area is 88.0 Å². The van der Waals surface area contributed by atoms with E-state index in [0.29, 0.717) is 5.57 Å². The second-order valence-electron chi connectivity index (χ2n) is 3.41. The van der Waals surface area contributed by atoms with Crippen molar-refractivity contribution < 1.29 is 9.13 Å². The third-order valence-electron chi connectivity index (χ3n) is 2.10. The summed E-state index contributed by atoms with van der Waals surface area (Å²) < 4.78 is 5.20. The molecule has 1 aromatic carbocycles. The summed E-state index contributed by atoms with van der Waals surface area (Å²) in [4.78, 5) is 11.4. The van der Waals surface area contributed by atoms with Gasteiger partial charge in [-0.25, -0.2) is 0 Å². The first-order valence-electron chi connectivity index (χ1n) is 4.61. The maximum absolute atomic E-state index is 11.4. The van der Waals surface area contributed by atoms with Crippen molar-refractivity contribution in [2.45, 2.75) is 6.92 Å². The number of rotatable bonds is 2. The summed E-state index contributed by atoms with van der Waals surface area (Å²) in [6, 6.07) is 5.48. The predicted molar refractivity (Wildman–Crippen MR) is 61.0 cm³/mol. The molecule has 3 nitrogen and oxygen atoms in total. The molecule has 0 atom stereocenters. The number of fused-ring (bicyclic) bond motifs is 1. The van der Waals surface area contributed by atoms with Crippen molar-refractivity contribution in [3.05, 3.63) is 36.3 Å². The molecule has 0 spiro atoms. The molecule has 15 heavy (non-hydrogen) atoms. The van der Waals surface area contributed by atoms with Crippen LogP contribution >= 0.6 is 0 Å². The van der Waals surface area contributed by atoms with Crippen LogP contribution in [0.15, 0.2) is 40.6 Å². The van der Waals surface area contributed by atoms with Crippen LogP contribution < -0.4 is 5.32 Å². The van der Waals surface area contributed by atoms with Crippen molar-refractivity contribution in [2.24, 2.45) is 0 Å². The standard InChI is InChI=1S/C11H10BNO2/c1-7(2)11(14)13-9-3-4-10-8(5-9)6-12-15-10/h3-6H,1H2,2H3,(H,13,14). The number of hydrogen-bond donors (Lipinski definition) is 1. The quantitative estimate of drug-likeness (QED) is 0.753. The van der Waals surface area contributed by atoms with E-state index >= 15 is 0 Å². The summed E-state index contributed by atoms with van der Waals surface area (Å²) >= 11 is 0. The van der Waals surface area contributed by atoms with E-state index < -0.39 is 0 Å². The van der Waals surface area contributed by atoms with Gasteiger partial charge in [0.15, 0.2) is 0 Å². The van der Waals surface area contributed by atoms with Gasteiger partial charge in [0.05, 0.1) is 0 Å². The molecule has 0 saturated heterocycles. The average Bonchev–Trinajstić information content (AvgIpc) is 2.64. The number of carbonyl (C=O) groups is 1. The molecule has 1 heterocycles. The average molecular weight is 199 g/mol. The van der Waals surface area contributed by atoms with E-state index in [0.717, 1.165) is 16.7 Å². The van der Waals surface area contributed by atoms with E-state index in [1.807, 2.05) is 18.1 Å². The molecule has 0 radical (unpaired) electrons. The van der Waals surface area contributed by atoms with E-state index in [-0.39, 0.29) is 5.91 Å². The fourth-order valence-corrected chi connectivity index (χ4v) is 1.28. The zero-order chi connectivity index (χ0) is 10.8. The number of benzene rings is 1. The summed E-state index contributed by atoms with van der Waals surface area (Å²) in [6.45, 7) is 5.25. The molecule has 0 unspecified atom stereocenters. The van der Waals surface area contributed by atoms with Gasteiger partial charge in [-0.15, -0.1) is 0 Å². The van der Waals surface area contributed by atoms with Crippen molar-refractivity contribution >= 4 is 29.7 Å². The molecule has 1 aromatic heterocycles. The van der Waals surface area contributed by atoms with E-state index in [1.165, 1.54) is 0 Å². The molecule has 0 fully saturated rings. The van der Waals surface area contributed by atoms with Gasteiger partial charge in [-0.2, -0.15) is 0 Å². The molecule has 2 aromatic rings. The third-order valence-corrected chi connectivity index (χ3v) is 2.10. The minimum atomic E-state index is -0.169. The molecule has 1 N–H and O–H groups in total. The van der Waals surface area contributed by atoms with Crippen LogP contribution in [0.3, 0.4) is 0 Å². The van der Waals surface area contributed by atoms with Gasteiger partial charge in [-0.1, -0.05) is 0 Å². The molecular formula is C11H10BNO2. The summed E-state index contributed by atoms with van der Waals surface area (Å²) in [5.41, 5.74) is 2.04. The minimum absolute atomic E-state index is 0.169. The zero-order valence-electron chi connectivity index (χ0n) is 8.41. The Morgan fingerprint density at radius 1 is 1.53 bits per heavy atom. The van der Waals surface area contributed by atoms with Crippen LogP contribution in [0.25, 0.3) is 11.0 Å². The van der Waals surface area contributed by atoms with Crippen LogP contribution in [0.4, 0.5) is 5.69 Å². The number of anilines is 1. The van der Waals surface area contributed by atoms with Crippen LogP contribution in [-0.2, 0) is 4.79 Å². The fourth-order valence-electron chi connectivity index (χ4n) is 1.28. The first-order chi connectivity index (χ1) is 7.16. The Morgan fingerprint density at radius 2 is 2.33 bits per heavy atom. The van der Waals surface area contributed by atoms with Crippen molar-refractivity contribution in [3.63, 3.8) is 0 Å². The van der Waals surface area contributed by atoms with Crippen LogP contribution in [0, 0.1) is 0 Å². The van der Waals surface area contributed by atoms with Gasteiger partial charge in [0, 0.05) is 0 Å². The van der Waals surface area contributed by atoms with Gasteiger partial charge in [-0.05, 0) is 0 Å². The van der Waals surface area contributed by atoms with Gasteiger partial charge in [0.25, 0.3) is 0 Å². The van der Waals surface area contributed by atoms with Crippen LogP contribution in [0.2, 0.25) is 0 Å². The predicted octanol–water partition coefficient (Wildman–Crippen LogP) is 2.29. The molecule has 2 rings (SSSR count). The van der Waals surface area contributed by atoms with E-state index in [9.17, 15) is 4.79 Å². The normalized spacial score (nSPS) is 9.93. The summed E-state index contributed by atoms with van der Waals surface area (Å²) in [7, 11) is 1.62. The van der Waals surface area contributed by atoms with Crippen LogP contribution in [0.5, 0.6) is 0 Å². The molecule has 0 aliphatic heterocycles. The zero-order valence-corrected chi connectivity index (χ0v) is 8.41. The molecule has 0 aliphatic rings. The topological polar surface area (TPSA) is 42.2 Å². The maximum atomic E-state index is 11.4. The van der Waals surface area contributed by atoms with E-state index in [4.69, 9.17) is 4.33 Å². The molecule has 1 amide bonds. The first-order valence-corrected chi connectivity index (χ1v) is 4.61. The van der Waals surface area contributed by atoms with Gasteiger partial charge in [0.2, 0.25) is 0 Å². The summed E-state index contributed by atoms with van der Waals surface area (Å²) in [5, 5.41) is 3.71. The number of hydrogen-bond acceptors (Lipinski definition) is 2. The summed E-state index contributed by atoms with van der Waals surface area (Å²) in [6.07, 6.45) is 0. The van der Waals surface area contributed by atoms with Crippen molar-refractivity contribution in [3.8, 4) is 0 Å². The second-order valence-corrected chi connectivity index (χ2v) is 3.41. The van der Waals surface area contributed by atoms with Crippen molar-refractivity contribution in [1.82, 2.24) is 0 Å². The van der Waals surface area contributed by atoms with Crippen LogP contribution in [0.1, 0.15) is 6.92 Å². The molecule has 0 aliphatic carbocycles. The second kappa shape index (κ2) is 3.73. The van der Waals surface area contributed by atoms with E-state index in [2.05, 4.69) is 11.9 Å². The van der Waals surface area contributed by atoms with E-state index in [1.54, 1.807) is 20.1 Å². The Bertz CT molecular complexity index is 530. The molecule has 4 heteroatoms. The number of amides is 1. The molecule has 0 saturated carbocycles. The number of carbonyl (C=O) groups excluding carboxylic acids is 1. The molecular weight excluding hydrogens is 189 g/mol. The third kappa shape index (κ3) is 1.98. The SMILES string of the molecule is C=C(C)C(=O)Nc1ccc2obcc2c1. The van der Waals surface area contributed by atoms with Gasteiger partial charge in [-0.3, -0.25) is 0 Å². The summed E-state index contributed by atoms with van der Waals surface area (Å²) in [5.74, 6) is 1.68. The van der Waals surface area contributed by atoms with Gasteiger partial charge in [0.1, 0.15) is 0 Å². The van der Waals surface area contributed by atoms with Gasteiger partial charge < -0.3 is 0 Å². The Kier molecular flexibility index (Phi) is 2.41. The van der Waals surface area contributed by atoms with Gasteiger partial charge >= 0.3 is 87.4 Å². The Balaban J connectivity index is 2.28. The van der Waals surface area contributed by atoms with Crippen molar-refractivity contribution in [1.29, 1.82) is 0 Å². The fraction of sp³-hybridized carbons (Fsp3) is 0.0909. The van der Waals surface area contributed by atoms with Crippen molar-refractivity contribution in [2.75, 3.05) is 5.32 Å². The van der Waals surface area contributed by atoms with Crippen LogP contribution in [-0.4, -0.2) is 13.0 Å². The first kappa shape index (κ1) is 9.71. The number of nitrogens with one attached hydrogen (secondary N) is 1.